The lowest BCUT2D eigenvalue weighted by Crippen LogP contribution is -2.04. The first-order valence-corrected chi connectivity index (χ1v) is 5.12. The van der Waals surface area contributed by atoms with Gasteiger partial charge in [-0.05, 0) is 31.2 Å². The summed E-state index contributed by atoms with van der Waals surface area (Å²) >= 11 is 0. The second kappa shape index (κ2) is 4.63. The minimum absolute atomic E-state index is 0.328. The monoisotopic (exact) mass is 230 g/mol. The Kier molecular flexibility index (Phi) is 3.03. The van der Waals surface area contributed by atoms with Crippen LogP contribution in [0.25, 0.3) is 10.9 Å². The number of nitrogens with one attached hydrogen (secondary N) is 1. The highest BCUT2D eigenvalue weighted by molar-refractivity contribution is 5.95. The molecule has 1 aromatic carbocycles. The van der Waals surface area contributed by atoms with Gasteiger partial charge in [0.05, 0.1) is 12.3 Å². The lowest BCUT2D eigenvalue weighted by atomic mass is 10.2. The van der Waals surface area contributed by atoms with Gasteiger partial charge in [-0.25, -0.2) is 9.59 Å². The quantitative estimate of drug-likeness (QED) is 0.499. The van der Waals surface area contributed by atoms with Crippen LogP contribution in [-0.2, 0) is 9.53 Å². The van der Waals surface area contributed by atoms with Crippen molar-refractivity contribution in [2.45, 2.75) is 6.92 Å². The van der Waals surface area contributed by atoms with Gasteiger partial charge in [0.25, 0.3) is 0 Å². The number of isocyanates is 1. The highest BCUT2D eigenvalue weighted by atomic mass is 16.5. The summed E-state index contributed by atoms with van der Waals surface area (Å²) in [6.07, 6.45) is 1.47. The molecule has 0 aliphatic carbocycles. The topological polar surface area (TPSA) is 71.5 Å². The SMILES string of the molecule is CCOC(=O)c1cc2cc(N=C=O)ccc2[nH]1. The van der Waals surface area contributed by atoms with Crippen molar-refractivity contribution in [3.05, 3.63) is 30.0 Å². The summed E-state index contributed by atoms with van der Waals surface area (Å²) < 4.78 is 4.88. The van der Waals surface area contributed by atoms with E-state index in [0.29, 0.717) is 18.0 Å². The molecule has 0 saturated carbocycles. The van der Waals surface area contributed by atoms with Gasteiger partial charge in [-0.15, -0.1) is 0 Å². The van der Waals surface area contributed by atoms with Crippen LogP contribution in [0.2, 0.25) is 0 Å². The fourth-order valence-electron chi connectivity index (χ4n) is 1.56. The van der Waals surface area contributed by atoms with E-state index < -0.39 is 5.97 Å². The Bertz CT molecular complexity index is 609. The molecule has 0 aliphatic rings. The fraction of sp³-hybridized carbons (Fsp3) is 0.167. The predicted molar refractivity (Wildman–Crippen MR) is 62.0 cm³/mol. The lowest BCUT2D eigenvalue weighted by Gasteiger charge is -1.96. The molecule has 5 heteroatoms. The number of aliphatic imine (C=N–C) groups is 1. The van der Waals surface area contributed by atoms with E-state index in [1.54, 1.807) is 31.2 Å². The third-order valence-corrected chi connectivity index (χ3v) is 2.27. The largest absolute Gasteiger partial charge is 0.461 e. The van der Waals surface area contributed by atoms with Gasteiger partial charge >= 0.3 is 5.97 Å². The summed E-state index contributed by atoms with van der Waals surface area (Å²) in [5, 5.41) is 0.796. The predicted octanol–water partition coefficient (Wildman–Crippen LogP) is 2.31. The average molecular weight is 230 g/mol. The van der Waals surface area contributed by atoms with E-state index in [0.717, 1.165) is 10.9 Å². The number of nitrogens with zero attached hydrogens (tertiary/aromatic N) is 1. The van der Waals surface area contributed by atoms with E-state index in [1.807, 2.05) is 0 Å². The number of carbonyl (C=O) groups is 1. The molecule has 0 atom stereocenters. The molecule has 0 spiro atoms. The number of aromatic amines is 1. The van der Waals surface area contributed by atoms with E-state index in [4.69, 9.17) is 4.74 Å². The normalized spacial score (nSPS) is 9.94. The van der Waals surface area contributed by atoms with Crippen molar-refractivity contribution in [3.63, 3.8) is 0 Å². The number of aromatic nitrogens is 1. The molecule has 0 fully saturated rings. The summed E-state index contributed by atoms with van der Waals surface area (Å²) in [5.74, 6) is -0.399. The molecule has 86 valence electrons. The van der Waals surface area contributed by atoms with E-state index >= 15 is 0 Å². The van der Waals surface area contributed by atoms with Gasteiger partial charge in [0.1, 0.15) is 5.69 Å². The molecule has 0 aliphatic heterocycles. The van der Waals surface area contributed by atoms with Crippen LogP contribution in [0.4, 0.5) is 5.69 Å². The highest BCUT2D eigenvalue weighted by Crippen LogP contribution is 2.21. The maximum atomic E-state index is 11.5. The number of esters is 1. The fourth-order valence-corrected chi connectivity index (χ4v) is 1.56. The highest BCUT2D eigenvalue weighted by Gasteiger charge is 2.10. The van der Waals surface area contributed by atoms with Crippen LogP contribution in [0, 0.1) is 0 Å². The second-order valence-corrected chi connectivity index (χ2v) is 3.38. The smallest absolute Gasteiger partial charge is 0.354 e. The number of fused-ring (bicyclic) bond motifs is 1. The molecule has 0 bridgehead atoms. The molecule has 2 aromatic rings. The molecular weight excluding hydrogens is 220 g/mol. The van der Waals surface area contributed by atoms with Crippen LogP contribution in [0.5, 0.6) is 0 Å². The Labute approximate surface area is 97.1 Å². The van der Waals surface area contributed by atoms with Gasteiger partial charge in [-0.1, -0.05) is 0 Å². The number of benzene rings is 1. The van der Waals surface area contributed by atoms with E-state index in [1.165, 1.54) is 6.08 Å². The van der Waals surface area contributed by atoms with E-state index in [-0.39, 0.29) is 0 Å². The molecule has 5 nitrogen and oxygen atoms in total. The Hall–Kier alpha value is -2.39. The van der Waals surface area contributed by atoms with Crippen LogP contribution < -0.4 is 0 Å². The molecule has 1 aromatic heterocycles. The molecule has 0 radical (unpaired) electrons. The summed E-state index contributed by atoms with van der Waals surface area (Å²) in [6, 6.07) is 6.77. The van der Waals surface area contributed by atoms with Crippen LogP contribution in [0.3, 0.4) is 0 Å². The number of hydrogen-bond donors (Lipinski definition) is 1. The molecule has 0 unspecified atom stereocenters. The van der Waals surface area contributed by atoms with Crippen molar-refractivity contribution in [1.29, 1.82) is 0 Å². The number of H-pyrrole nitrogens is 1. The molecule has 1 heterocycles. The second-order valence-electron chi connectivity index (χ2n) is 3.38. The van der Waals surface area contributed by atoms with Crippen molar-refractivity contribution >= 4 is 28.6 Å². The zero-order valence-electron chi connectivity index (χ0n) is 9.19. The third-order valence-electron chi connectivity index (χ3n) is 2.27. The van der Waals surface area contributed by atoms with Gasteiger partial charge in [0.2, 0.25) is 6.08 Å². The van der Waals surface area contributed by atoms with Gasteiger partial charge in [0.15, 0.2) is 0 Å². The number of hydrogen-bond acceptors (Lipinski definition) is 4. The molecule has 2 rings (SSSR count). The van der Waals surface area contributed by atoms with Gasteiger partial charge < -0.3 is 9.72 Å². The van der Waals surface area contributed by atoms with Crippen molar-refractivity contribution in [2.24, 2.45) is 4.99 Å². The molecular formula is C12H10N2O3. The first-order chi connectivity index (χ1) is 8.24. The number of ether oxygens (including phenoxy) is 1. The molecule has 0 amide bonds. The summed E-state index contributed by atoms with van der Waals surface area (Å²) in [7, 11) is 0. The molecule has 17 heavy (non-hydrogen) atoms. The summed E-state index contributed by atoms with van der Waals surface area (Å²) in [4.78, 5) is 28.1. The van der Waals surface area contributed by atoms with Crippen molar-refractivity contribution in [1.82, 2.24) is 4.98 Å². The minimum Gasteiger partial charge on any atom is -0.461 e. The van der Waals surface area contributed by atoms with E-state index in [2.05, 4.69) is 9.98 Å². The average Bonchev–Trinajstić information content (AvgIpc) is 2.73. The van der Waals surface area contributed by atoms with Gasteiger partial charge in [0, 0.05) is 10.9 Å². The van der Waals surface area contributed by atoms with Crippen LogP contribution in [0.15, 0.2) is 29.3 Å². The van der Waals surface area contributed by atoms with Crippen LogP contribution in [0.1, 0.15) is 17.4 Å². The Morgan fingerprint density at radius 2 is 2.29 bits per heavy atom. The Morgan fingerprint density at radius 1 is 1.47 bits per heavy atom. The maximum absolute atomic E-state index is 11.5. The Morgan fingerprint density at radius 3 is 3.00 bits per heavy atom. The van der Waals surface area contributed by atoms with Gasteiger partial charge in [-0.3, -0.25) is 0 Å². The number of rotatable bonds is 3. The summed E-state index contributed by atoms with van der Waals surface area (Å²) in [5.41, 5.74) is 1.67. The first-order valence-electron chi connectivity index (χ1n) is 5.12. The van der Waals surface area contributed by atoms with Crippen molar-refractivity contribution in [3.8, 4) is 0 Å². The Balaban J connectivity index is 2.43. The van der Waals surface area contributed by atoms with Crippen molar-refractivity contribution in [2.75, 3.05) is 6.61 Å². The van der Waals surface area contributed by atoms with Crippen LogP contribution >= 0.6 is 0 Å². The van der Waals surface area contributed by atoms with E-state index in [9.17, 15) is 9.59 Å². The molecule has 1 N–H and O–H groups in total. The lowest BCUT2D eigenvalue weighted by molar-refractivity contribution is 0.0520. The first kappa shape index (κ1) is 11.1. The number of carbonyl (C=O) groups excluding carboxylic acids is 2. The third kappa shape index (κ3) is 2.24. The zero-order chi connectivity index (χ0) is 12.3. The van der Waals surface area contributed by atoms with Crippen molar-refractivity contribution < 1.29 is 14.3 Å². The zero-order valence-corrected chi connectivity index (χ0v) is 9.19. The summed E-state index contributed by atoms with van der Waals surface area (Å²) in [6.45, 7) is 2.08. The maximum Gasteiger partial charge on any atom is 0.354 e. The standard InChI is InChI=1S/C12H10N2O3/c1-2-17-12(16)11-6-8-5-9(13-7-15)3-4-10(8)14-11/h3-6,14H,2H2,1H3. The molecule has 0 saturated heterocycles. The minimum atomic E-state index is -0.399. The van der Waals surface area contributed by atoms with Gasteiger partial charge in [-0.2, -0.15) is 4.99 Å². The van der Waals surface area contributed by atoms with Crippen LogP contribution in [-0.4, -0.2) is 23.6 Å².